The molecule has 1 aliphatic rings. The first kappa shape index (κ1) is 17.0. The van der Waals surface area contributed by atoms with Crippen LogP contribution in [0.4, 0.5) is 5.69 Å². The van der Waals surface area contributed by atoms with Gasteiger partial charge in [-0.2, -0.15) is 10.1 Å². The number of nitrogens with zero attached hydrogens (tertiary/aromatic N) is 3. The van der Waals surface area contributed by atoms with Crippen molar-refractivity contribution >= 4 is 51.9 Å². The molecule has 0 saturated carbocycles. The molecule has 2 rings (SSSR count). The van der Waals surface area contributed by atoms with E-state index >= 15 is 0 Å². The van der Waals surface area contributed by atoms with E-state index in [1.165, 1.54) is 0 Å². The standard InChI is InChI=1S/C13H19BrN4OS2/c1-3-12(19)18(15-11-6-4-10(14)5-7-11)17-8-16(2)13(20)21-9-17/h4-7,13,15,20H,3,8-9H2,1-2H3. The van der Waals surface area contributed by atoms with E-state index in [2.05, 4.69) is 38.9 Å². The molecule has 1 fully saturated rings. The van der Waals surface area contributed by atoms with E-state index in [-0.39, 0.29) is 10.6 Å². The van der Waals surface area contributed by atoms with E-state index in [4.69, 9.17) is 0 Å². The molecule has 1 N–H and O–H groups in total. The molecule has 8 heteroatoms. The van der Waals surface area contributed by atoms with Gasteiger partial charge >= 0.3 is 0 Å². The highest BCUT2D eigenvalue weighted by Gasteiger charge is 2.28. The first-order chi connectivity index (χ1) is 10.0. The van der Waals surface area contributed by atoms with Crippen LogP contribution in [0, 0.1) is 0 Å². The molecule has 1 amide bonds. The van der Waals surface area contributed by atoms with Crippen LogP contribution in [0.5, 0.6) is 0 Å². The minimum atomic E-state index is 0.0320. The third-order valence-corrected chi connectivity index (χ3v) is 5.51. The summed E-state index contributed by atoms with van der Waals surface area (Å²) in [5.74, 6) is 0.748. The number of hydrazine groups is 2. The second-order valence-corrected chi connectivity index (χ2v) is 7.50. The van der Waals surface area contributed by atoms with E-state index in [0.717, 1.165) is 10.2 Å². The summed E-state index contributed by atoms with van der Waals surface area (Å²) >= 11 is 9.57. The predicted octanol–water partition coefficient (Wildman–Crippen LogP) is 3.04. The molecule has 1 saturated heterocycles. The highest BCUT2D eigenvalue weighted by atomic mass is 79.9. The van der Waals surface area contributed by atoms with Gasteiger partial charge in [-0.15, -0.1) is 24.4 Å². The van der Waals surface area contributed by atoms with Crippen LogP contribution < -0.4 is 5.43 Å². The lowest BCUT2D eigenvalue weighted by Crippen LogP contribution is -2.56. The summed E-state index contributed by atoms with van der Waals surface area (Å²) in [6.07, 6.45) is 0.443. The number of hydrogen-bond donors (Lipinski definition) is 2. The second-order valence-electron chi connectivity index (χ2n) is 4.70. The van der Waals surface area contributed by atoms with Crippen LogP contribution in [-0.4, -0.2) is 45.2 Å². The molecule has 21 heavy (non-hydrogen) atoms. The van der Waals surface area contributed by atoms with E-state index < -0.39 is 0 Å². The average molecular weight is 391 g/mol. The van der Waals surface area contributed by atoms with Crippen LogP contribution in [0.2, 0.25) is 0 Å². The van der Waals surface area contributed by atoms with Gasteiger partial charge in [0.2, 0.25) is 0 Å². The van der Waals surface area contributed by atoms with Gasteiger partial charge in [0.1, 0.15) is 4.71 Å². The fourth-order valence-corrected chi connectivity index (χ4v) is 3.22. The molecule has 1 aliphatic heterocycles. The van der Waals surface area contributed by atoms with Gasteiger partial charge in [0.25, 0.3) is 5.91 Å². The number of nitrogens with one attached hydrogen (secondary N) is 1. The van der Waals surface area contributed by atoms with Crippen LogP contribution >= 0.6 is 40.3 Å². The van der Waals surface area contributed by atoms with Crippen LogP contribution in [0.3, 0.4) is 0 Å². The van der Waals surface area contributed by atoms with Crippen molar-refractivity contribution in [2.45, 2.75) is 18.1 Å². The molecular formula is C13H19BrN4OS2. The van der Waals surface area contributed by atoms with Crippen molar-refractivity contribution in [3.8, 4) is 0 Å². The molecule has 1 unspecified atom stereocenters. The summed E-state index contributed by atoms with van der Waals surface area (Å²) in [5, 5.41) is 3.58. The molecule has 5 nitrogen and oxygen atoms in total. The third-order valence-electron chi connectivity index (χ3n) is 3.04. The fraction of sp³-hybridized carbons (Fsp3) is 0.462. The summed E-state index contributed by atoms with van der Waals surface area (Å²) in [5.41, 5.74) is 4.06. The van der Waals surface area contributed by atoms with Crippen molar-refractivity contribution in [1.82, 2.24) is 15.0 Å². The first-order valence-electron chi connectivity index (χ1n) is 6.61. The Hall–Kier alpha value is -0.410. The highest BCUT2D eigenvalue weighted by Crippen LogP contribution is 2.26. The minimum absolute atomic E-state index is 0.0320. The van der Waals surface area contributed by atoms with Gasteiger partial charge in [-0.05, 0) is 31.3 Å². The molecule has 1 aromatic carbocycles. The van der Waals surface area contributed by atoms with Crippen LogP contribution in [0.15, 0.2) is 28.7 Å². The number of amides is 1. The predicted molar refractivity (Wildman–Crippen MR) is 94.6 cm³/mol. The smallest absolute Gasteiger partial charge is 0.255 e. The van der Waals surface area contributed by atoms with Crippen molar-refractivity contribution < 1.29 is 4.79 Å². The number of thioether (sulfide) groups is 1. The average Bonchev–Trinajstić information content (AvgIpc) is 2.49. The van der Waals surface area contributed by atoms with Crippen molar-refractivity contribution in [3.63, 3.8) is 0 Å². The summed E-state index contributed by atoms with van der Waals surface area (Å²) in [6.45, 7) is 2.51. The fourth-order valence-electron chi connectivity index (χ4n) is 1.86. The Labute approximate surface area is 143 Å². The maximum atomic E-state index is 12.2. The zero-order valence-corrected chi connectivity index (χ0v) is 15.3. The Bertz CT molecular complexity index is 488. The van der Waals surface area contributed by atoms with E-state index in [1.807, 2.05) is 43.2 Å². The number of benzene rings is 1. The number of rotatable bonds is 4. The Morgan fingerprint density at radius 1 is 1.52 bits per heavy atom. The van der Waals surface area contributed by atoms with Gasteiger partial charge in [0, 0.05) is 10.9 Å². The van der Waals surface area contributed by atoms with Crippen molar-refractivity contribution in [3.05, 3.63) is 28.7 Å². The minimum Gasteiger partial charge on any atom is -0.281 e. The Kier molecular flexibility index (Phi) is 6.24. The monoisotopic (exact) mass is 390 g/mol. The Morgan fingerprint density at radius 2 is 2.19 bits per heavy atom. The first-order valence-corrected chi connectivity index (χ1v) is 8.97. The SMILES string of the molecule is CCC(=O)N(Nc1ccc(Br)cc1)N1CSC(S)N(C)C1. The van der Waals surface area contributed by atoms with Crippen molar-refractivity contribution in [2.24, 2.45) is 0 Å². The number of carbonyl (C=O) groups is 1. The number of halogens is 1. The van der Waals surface area contributed by atoms with Gasteiger partial charge in [-0.1, -0.05) is 22.9 Å². The molecule has 0 spiro atoms. The Morgan fingerprint density at radius 3 is 2.76 bits per heavy atom. The summed E-state index contributed by atoms with van der Waals surface area (Å²) in [6, 6.07) is 7.75. The highest BCUT2D eigenvalue weighted by molar-refractivity contribution is 9.10. The number of thiol groups is 1. The van der Waals surface area contributed by atoms with E-state index in [9.17, 15) is 4.79 Å². The summed E-state index contributed by atoms with van der Waals surface area (Å²) in [4.78, 5) is 14.3. The van der Waals surface area contributed by atoms with E-state index in [0.29, 0.717) is 19.0 Å². The number of anilines is 1. The zero-order chi connectivity index (χ0) is 15.4. The molecule has 1 aromatic rings. The van der Waals surface area contributed by atoms with Crippen LogP contribution in [0.25, 0.3) is 0 Å². The molecule has 0 aromatic heterocycles. The molecule has 1 atom stereocenters. The maximum absolute atomic E-state index is 12.2. The maximum Gasteiger partial charge on any atom is 0.255 e. The lowest BCUT2D eigenvalue weighted by molar-refractivity contribution is -0.147. The molecule has 116 valence electrons. The van der Waals surface area contributed by atoms with Gasteiger partial charge < -0.3 is 0 Å². The number of carbonyl (C=O) groups excluding carboxylic acids is 1. The molecule has 0 radical (unpaired) electrons. The Balaban J connectivity index is 2.11. The lowest BCUT2D eigenvalue weighted by atomic mass is 10.3. The molecule has 0 aliphatic carbocycles. The van der Waals surface area contributed by atoms with Crippen molar-refractivity contribution in [2.75, 3.05) is 25.0 Å². The van der Waals surface area contributed by atoms with Crippen LogP contribution in [-0.2, 0) is 4.79 Å². The molecule has 0 bridgehead atoms. The van der Waals surface area contributed by atoms with Gasteiger partial charge in [0.15, 0.2) is 0 Å². The third kappa shape index (κ3) is 4.53. The summed E-state index contributed by atoms with van der Waals surface area (Å²) < 4.78 is 1.17. The normalized spacial score (nSPS) is 20.3. The van der Waals surface area contributed by atoms with Gasteiger partial charge in [-0.3, -0.25) is 15.1 Å². The summed E-state index contributed by atoms with van der Waals surface area (Å²) in [7, 11) is 1.99. The molecule has 1 heterocycles. The second kappa shape index (κ2) is 7.73. The topological polar surface area (TPSA) is 38.8 Å². The van der Waals surface area contributed by atoms with E-state index in [1.54, 1.807) is 16.9 Å². The quantitative estimate of drug-likeness (QED) is 0.610. The zero-order valence-electron chi connectivity index (χ0n) is 12.0. The molecular weight excluding hydrogens is 372 g/mol. The number of hydrogen-bond acceptors (Lipinski definition) is 6. The van der Waals surface area contributed by atoms with Gasteiger partial charge in [-0.25, -0.2) is 0 Å². The van der Waals surface area contributed by atoms with Crippen molar-refractivity contribution in [1.29, 1.82) is 0 Å². The van der Waals surface area contributed by atoms with Crippen LogP contribution in [0.1, 0.15) is 13.3 Å². The van der Waals surface area contributed by atoms with Gasteiger partial charge in [0.05, 0.1) is 18.2 Å². The largest absolute Gasteiger partial charge is 0.281 e. The lowest BCUT2D eigenvalue weighted by Gasteiger charge is -2.42.